The fourth-order valence-electron chi connectivity index (χ4n) is 1.59. The lowest BCUT2D eigenvalue weighted by Gasteiger charge is -2.09. The van der Waals surface area contributed by atoms with Crippen molar-refractivity contribution in [1.82, 2.24) is 0 Å². The zero-order valence-electron chi connectivity index (χ0n) is 11.6. The molecule has 6 nitrogen and oxygen atoms in total. The van der Waals surface area contributed by atoms with Crippen LogP contribution in [-0.2, 0) is 15.3 Å². The molecule has 0 aliphatic rings. The Bertz CT molecular complexity index is 492. The van der Waals surface area contributed by atoms with Gasteiger partial charge in [0, 0.05) is 17.6 Å². The minimum absolute atomic E-state index is 0.0494. The molecule has 110 valence electrons. The Kier molecular flexibility index (Phi) is 6.30. The SMILES string of the molecule is COC(=O)C(C)CSCc1ccc(OC)c([N+](=O)[O-])c1. The molecule has 0 spiro atoms. The fraction of sp³-hybridized carbons (Fsp3) is 0.462. The van der Waals surface area contributed by atoms with Crippen molar-refractivity contribution < 1.29 is 19.2 Å². The van der Waals surface area contributed by atoms with E-state index in [-0.39, 0.29) is 23.3 Å². The molecule has 1 aromatic rings. The van der Waals surface area contributed by atoms with Crippen molar-refractivity contribution in [1.29, 1.82) is 0 Å². The second-order valence-electron chi connectivity index (χ2n) is 4.20. The highest BCUT2D eigenvalue weighted by Crippen LogP contribution is 2.29. The Morgan fingerprint density at radius 3 is 2.70 bits per heavy atom. The quantitative estimate of drug-likeness (QED) is 0.437. The third kappa shape index (κ3) is 4.41. The number of carbonyl (C=O) groups is 1. The summed E-state index contributed by atoms with van der Waals surface area (Å²) in [5.74, 6) is 0.988. The third-order valence-corrected chi connectivity index (χ3v) is 3.95. The predicted octanol–water partition coefficient (Wildman–Crippen LogP) is 2.65. The van der Waals surface area contributed by atoms with Crippen LogP contribution in [0.2, 0.25) is 0 Å². The van der Waals surface area contributed by atoms with Crippen molar-refractivity contribution in [3.05, 3.63) is 33.9 Å². The average Bonchev–Trinajstić information content (AvgIpc) is 2.45. The molecule has 1 unspecified atom stereocenters. The molecule has 0 aromatic heterocycles. The molecule has 0 saturated heterocycles. The number of hydrogen-bond donors (Lipinski definition) is 0. The summed E-state index contributed by atoms with van der Waals surface area (Å²) < 4.78 is 9.58. The molecule has 0 bridgehead atoms. The number of carbonyl (C=O) groups excluding carboxylic acids is 1. The van der Waals surface area contributed by atoms with Crippen molar-refractivity contribution in [3.8, 4) is 5.75 Å². The first-order chi connectivity index (χ1) is 9.49. The number of nitrogens with zero attached hydrogens (tertiary/aromatic N) is 1. The van der Waals surface area contributed by atoms with Crippen LogP contribution >= 0.6 is 11.8 Å². The number of esters is 1. The van der Waals surface area contributed by atoms with Gasteiger partial charge in [0.05, 0.1) is 25.1 Å². The first-order valence-corrected chi connectivity index (χ1v) is 7.12. The maximum absolute atomic E-state index is 11.2. The summed E-state index contributed by atoms with van der Waals surface area (Å²) in [6, 6.07) is 4.86. The maximum atomic E-state index is 11.2. The molecule has 1 rings (SSSR count). The summed E-state index contributed by atoms with van der Waals surface area (Å²) in [4.78, 5) is 21.7. The van der Waals surface area contributed by atoms with Crippen LogP contribution in [0.5, 0.6) is 5.75 Å². The largest absolute Gasteiger partial charge is 0.490 e. The molecule has 0 N–H and O–H groups in total. The highest BCUT2D eigenvalue weighted by Gasteiger charge is 2.16. The molecular weight excluding hydrogens is 282 g/mol. The van der Waals surface area contributed by atoms with Crippen molar-refractivity contribution in [2.24, 2.45) is 5.92 Å². The van der Waals surface area contributed by atoms with Gasteiger partial charge in [0.1, 0.15) is 0 Å². The summed E-state index contributed by atoms with van der Waals surface area (Å²) >= 11 is 1.53. The van der Waals surface area contributed by atoms with E-state index in [0.717, 1.165) is 5.56 Å². The second kappa shape index (κ2) is 7.74. The molecule has 20 heavy (non-hydrogen) atoms. The molecule has 0 amide bonds. The smallest absolute Gasteiger partial charge is 0.311 e. The average molecular weight is 299 g/mol. The van der Waals surface area contributed by atoms with Gasteiger partial charge in [-0.05, 0) is 11.6 Å². The summed E-state index contributed by atoms with van der Waals surface area (Å²) in [5, 5.41) is 10.9. The minimum Gasteiger partial charge on any atom is -0.490 e. The topological polar surface area (TPSA) is 78.7 Å². The van der Waals surface area contributed by atoms with Gasteiger partial charge in [0.25, 0.3) is 0 Å². The van der Waals surface area contributed by atoms with Gasteiger partial charge >= 0.3 is 11.7 Å². The summed E-state index contributed by atoms with van der Waals surface area (Å²) in [5.41, 5.74) is 0.770. The molecule has 1 atom stereocenters. The van der Waals surface area contributed by atoms with Crippen LogP contribution in [0.3, 0.4) is 0 Å². The summed E-state index contributed by atoms with van der Waals surface area (Å²) in [6.07, 6.45) is 0. The maximum Gasteiger partial charge on any atom is 0.311 e. The van der Waals surface area contributed by atoms with E-state index in [2.05, 4.69) is 4.74 Å². The molecule has 0 saturated carbocycles. The van der Waals surface area contributed by atoms with Crippen LogP contribution in [0.25, 0.3) is 0 Å². The van der Waals surface area contributed by atoms with E-state index in [1.165, 1.54) is 32.0 Å². The highest BCUT2D eigenvalue weighted by atomic mass is 32.2. The number of hydrogen-bond acceptors (Lipinski definition) is 6. The number of nitro groups is 1. The van der Waals surface area contributed by atoms with Crippen LogP contribution in [0, 0.1) is 16.0 Å². The van der Waals surface area contributed by atoms with E-state index in [1.54, 1.807) is 19.1 Å². The molecule has 0 aliphatic carbocycles. The molecule has 0 aliphatic heterocycles. The molecule has 0 heterocycles. The number of ether oxygens (including phenoxy) is 2. The lowest BCUT2D eigenvalue weighted by Crippen LogP contribution is -2.14. The zero-order valence-corrected chi connectivity index (χ0v) is 12.4. The Morgan fingerprint density at radius 1 is 1.45 bits per heavy atom. The van der Waals surface area contributed by atoms with Gasteiger partial charge in [-0.2, -0.15) is 11.8 Å². The monoisotopic (exact) mass is 299 g/mol. The van der Waals surface area contributed by atoms with E-state index in [4.69, 9.17) is 4.74 Å². The van der Waals surface area contributed by atoms with Crippen molar-refractivity contribution >= 4 is 23.4 Å². The van der Waals surface area contributed by atoms with Gasteiger partial charge in [0.15, 0.2) is 5.75 Å². The predicted molar refractivity (Wildman–Crippen MR) is 77.0 cm³/mol. The van der Waals surface area contributed by atoms with E-state index >= 15 is 0 Å². The van der Waals surface area contributed by atoms with E-state index in [1.807, 2.05) is 0 Å². The summed E-state index contributed by atoms with van der Waals surface area (Å²) in [6.45, 7) is 1.79. The van der Waals surface area contributed by atoms with E-state index in [9.17, 15) is 14.9 Å². The molecule has 7 heteroatoms. The standard InChI is InChI=1S/C13H17NO5S/c1-9(13(15)19-3)7-20-8-10-4-5-12(18-2)11(6-10)14(16)17/h4-6,9H,7-8H2,1-3H3. The number of thioether (sulfide) groups is 1. The Morgan fingerprint density at radius 2 is 2.15 bits per heavy atom. The number of methoxy groups -OCH3 is 2. The normalized spacial score (nSPS) is 11.8. The fourth-order valence-corrected chi connectivity index (χ4v) is 2.61. The Labute approximate surface area is 121 Å². The summed E-state index contributed by atoms with van der Waals surface area (Å²) in [7, 11) is 2.76. The Balaban J connectivity index is 2.63. The van der Waals surface area contributed by atoms with Crippen molar-refractivity contribution in [3.63, 3.8) is 0 Å². The lowest BCUT2D eigenvalue weighted by molar-refractivity contribution is -0.385. The van der Waals surface area contributed by atoms with Crippen LogP contribution in [0.1, 0.15) is 12.5 Å². The van der Waals surface area contributed by atoms with Crippen LogP contribution in [0.15, 0.2) is 18.2 Å². The van der Waals surface area contributed by atoms with E-state index in [0.29, 0.717) is 11.5 Å². The van der Waals surface area contributed by atoms with Gasteiger partial charge in [-0.1, -0.05) is 13.0 Å². The van der Waals surface area contributed by atoms with Gasteiger partial charge in [-0.15, -0.1) is 0 Å². The first-order valence-electron chi connectivity index (χ1n) is 5.96. The van der Waals surface area contributed by atoms with Gasteiger partial charge in [-0.25, -0.2) is 0 Å². The van der Waals surface area contributed by atoms with Crippen LogP contribution in [-0.4, -0.2) is 30.9 Å². The molecular formula is C13H17NO5S. The Hall–Kier alpha value is -1.76. The van der Waals surface area contributed by atoms with Crippen LogP contribution < -0.4 is 4.74 Å². The number of benzene rings is 1. The van der Waals surface area contributed by atoms with Gasteiger partial charge in [-0.3, -0.25) is 14.9 Å². The van der Waals surface area contributed by atoms with Gasteiger partial charge < -0.3 is 9.47 Å². The molecule has 1 aromatic carbocycles. The number of nitro benzene ring substituents is 1. The lowest BCUT2D eigenvalue weighted by atomic mass is 10.2. The molecule has 0 fully saturated rings. The first kappa shape index (κ1) is 16.3. The van der Waals surface area contributed by atoms with Crippen molar-refractivity contribution in [2.45, 2.75) is 12.7 Å². The van der Waals surface area contributed by atoms with E-state index < -0.39 is 4.92 Å². The zero-order chi connectivity index (χ0) is 15.1. The highest BCUT2D eigenvalue weighted by molar-refractivity contribution is 7.98. The van der Waals surface area contributed by atoms with Crippen molar-refractivity contribution in [2.75, 3.05) is 20.0 Å². The number of rotatable bonds is 7. The van der Waals surface area contributed by atoms with Crippen LogP contribution in [0.4, 0.5) is 5.69 Å². The molecule has 0 radical (unpaired) electrons. The minimum atomic E-state index is -0.468. The second-order valence-corrected chi connectivity index (χ2v) is 5.23. The third-order valence-electron chi connectivity index (χ3n) is 2.68. The van der Waals surface area contributed by atoms with Gasteiger partial charge in [0.2, 0.25) is 0 Å².